The number of halogens is 2. The minimum absolute atomic E-state index is 0.00844. The topological polar surface area (TPSA) is 96.8 Å². The van der Waals surface area contributed by atoms with Crippen LogP contribution in [0.4, 0.5) is 15.9 Å². The van der Waals surface area contributed by atoms with Crippen molar-refractivity contribution in [2.24, 2.45) is 0 Å². The molecule has 32 heavy (non-hydrogen) atoms. The lowest BCUT2D eigenvalue weighted by atomic mass is 9.99. The zero-order chi connectivity index (χ0) is 23.0. The van der Waals surface area contributed by atoms with Gasteiger partial charge in [0.1, 0.15) is 23.8 Å². The van der Waals surface area contributed by atoms with Gasteiger partial charge in [0.05, 0.1) is 23.3 Å². The number of nitrogens with zero attached hydrogens (tertiary/aromatic N) is 3. The third kappa shape index (κ3) is 3.89. The summed E-state index contributed by atoms with van der Waals surface area (Å²) in [5.41, 5.74) is -0.284. The van der Waals surface area contributed by atoms with Gasteiger partial charge >= 0.3 is 5.97 Å². The minimum atomic E-state index is -1.02. The summed E-state index contributed by atoms with van der Waals surface area (Å²) in [7, 11) is 3.27. The number of anilines is 2. The molecular weight excluding hydrogens is 439 g/mol. The van der Waals surface area contributed by atoms with E-state index in [9.17, 15) is 14.3 Å². The van der Waals surface area contributed by atoms with Crippen molar-refractivity contribution in [3.63, 3.8) is 0 Å². The van der Waals surface area contributed by atoms with Gasteiger partial charge in [-0.05, 0) is 32.2 Å². The molecule has 2 N–H and O–H groups in total. The number of benzene rings is 2. The fraction of sp³-hybridized carbons (Fsp3) is 0.318. The number of hydrogen-bond donors (Lipinski definition) is 2. The molecule has 4 rings (SSSR count). The van der Waals surface area contributed by atoms with E-state index in [2.05, 4.69) is 15.3 Å². The Morgan fingerprint density at radius 1 is 1.34 bits per heavy atom. The van der Waals surface area contributed by atoms with E-state index in [1.54, 1.807) is 43.1 Å². The van der Waals surface area contributed by atoms with Crippen LogP contribution in [0.5, 0.6) is 11.5 Å². The number of likely N-dealkylation sites (N-methyl/N-ethyl adjacent to an activating group) is 1. The molecule has 0 spiro atoms. The molecular formula is C22H22ClFN4O4. The highest BCUT2D eigenvalue weighted by Crippen LogP contribution is 2.38. The van der Waals surface area contributed by atoms with Gasteiger partial charge in [0, 0.05) is 24.4 Å². The molecule has 3 aromatic rings. The average molecular weight is 461 g/mol. The first-order valence-electron chi connectivity index (χ1n) is 9.88. The first kappa shape index (κ1) is 22.0. The average Bonchev–Trinajstić information content (AvgIpc) is 3.05. The molecule has 0 saturated carbocycles. The molecule has 0 aliphatic carbocycles. The van der Waals surface area contributed by atoms with Crippen molar-refractivity contribution in [3.8, 4) is 11.5 Å². The second-order valence-corrected chi connectivity index (χ2v) is 8.28. The largest absolute Gasteiger partial charge is 0.493 e. The lowest BCUT2D eigenvalue weighted by molar-refractivity contribution is -0.147. The van der Waals surface area contributed by atoms with Crippen molar-refractivity contribution in [2.45, 2.75) is 25.0 Å². The smallest absolute Gasteiger partial charge is 0.323 e. The number of fused-ring (bicyclic) bond motifs is 1. The number of likely N-dealkylation sites (tertiary alicyclic amines) is 1. The molecule has 2 heterocycles. The molecule has 2 atom stereocenters. The maximum absolute atomic E-state index is 14.4. The van der Waals surface area contributed by atoms with E-state index in [1.165, 1.54) is 19.5 Å². The zero-order valence-corrected chi connectivity index (χ0v) is 18.5. The van der Waals surface area contributed by atoms with Gasteiger partial charge in [-0.1, -0.05) is 17.7 Å². The lowest BCUT2D eigenvalue weighted by Crippen LogP contribution is -2.45. The van der Waals surface area contributed by atoms with Crippen molar-refractivity contribution in [2.75, 3.05) is 26.0 Å². The van der Waals surface area contributed by atoms with Crippen molar-refractivity contribution in [3.05, 3.63) is 47.5 Å². The Morgan fingerprint density at radius 2 is 2.12 bits per heavy atom. The maximum atomic E-state index is 14.4. The first-order valence-corrected chi connectivity index (χ1v) is 10.3. The highest BCUT2D eigenvalue weighted by molar-refractivity contribution is 6.31. The number of carboxylic acid groups (broad SMARTS) is 1. The van der Waals surface area contributed by atoms with E-state index in [0.29, 0.717) is 41.2 Å². The summed E-state index contributed by atoms with van der Waals surface area (Å²) in [6, 6.07) is 8.04. The number of aliphatic carboxylic acids is 1. The van der Waals surface area contributed by atoms with E-state index in [1.807, 2.05) is 0 Å². The van der Waals surface area contributed by atoms with Gasteiger partial charge in [-0.15, -0.1) is 0 Å². The fourth-order valence-electron chi connectivity index (χ4n) is 3.82. The molecule has 0 radical (unpaired) electrons. The maximum Gasteiger partial charge on any atom is 0.323 e. The Kier molecular flexibility index (Phi) is 5.79. The SMILES string of the molecule is COc1cc2ncnc(Nc3cccc(Cl)c3F)c2cc1O[C@H]1CN(C)[C@](C)(C(=O)O)C1. The highest BCUT2D eigenvalue weighted by Gasteiger charge is 2.47. The second kappa shape index (κ2) is 8.40. The molecule has 1 aliphatic rings. The van der Waals surface area contributed by atoms with Gasteiger partial charge in [0.15, 0.2) is 17.3 Å². The van der Waals surface area contributed by atoms with Crippen molar-refractivity contribution in [1.82, 2.24) is 14.9 Å². The quantitative estimate of drug-likeness (QED) is 0.567. The molecule has 1 fully saturated rings. The summed E-state index contributed by atoms with van der Waals surface area (Å²) >= 11 is 5.89. The summed E-state index contributed by atoms with van der Waals surface area (Å²) < 4.78 is 26.0. The Balaban J connectivity index is 1.70. The summed E-state index contributed by atoms with van der Waals surface area (Å²) in [6.07, 6.45) is 1.31. The minimum Gasteiger partial charge on any atom is -0.493 e. The summed E-state index contributed by atoms with van der Waals surface area (Å²) in [5.74, 6) is -0.268. The van der Waals surface area contributed by atoms with Gasteiger partial charge in [0.2, 0.25) is 0 Å². The van der Waals surface area contributed by atoms with Crippen LogP contribution in [0, 0.1) is 5.82 Å². The number of carbonyl (C=O) groups is 1. The lowest BCUT2D eigenvalue weighted by Gasteiger charge is -2.26. The number of methoxy groups -OCH3 is 1. The zero-order valence-electron chi connectivity index (χ0n) is 17.7. The van der Waals surface area contributed by atoms with Crippen LogP contribution in [0.3, 0.4) is 0 Å². The Morgan fingerprint density at radius 3 is 2.81 bits per heavy atom. The number of aromatic nitrogens is 2. The van der Waals surface area contributed by atoms with Gasteiger partial charge in [-0.25, -0.2) is 14.4 Å². The number of nitrogens with one attached hydrogen (secondary N) is 1. The van der Waals surface area contributed by atoms with E-state index in [0.717, 1.165) is 0 Å². The Labute approximate surface area is 188 Å². The predicted molar refractivity (Wildman–Crippen MR) is 118 cm³/mol. The van der Waals surface area contributed by atoms with Gasteiger partial charge in [-0.2, -0.15) is 0 Å². The molecule has 1 aliphatic heterocycles. The van der Waals surface area contributed by atoms with Gasteiger partial charge < -0.3 is 19.9 Å². The third-order valence-electron chi connectivity index (χ3n) is 5.82. The van der Waals surface area contributed by atoms with Crippen LogP contribution >= 0.6 is 11.6 Å². The van der Waals surface area contributed by atoms with Crippen LogP contribution in [0.2, 0.25) is 5.02 Å². The van der Waals surface area contributed by atoms with Crippen LogP contribution < -0.4 is 14.8 Å². The van der Waals surface area contributed by atoms with Crippen molar-refractivity contribution in [1.29, 1.82) is 0 Å². The van der Waals surface area contributed by atoms with Crippen LogP contribution in [-0.4, -0.2) is 58.3 Å². The molecule has 0 bridgehead atoms. The fourth-order valence-corrected chi connectivity index (χ4v) is 4.00. The molecule has 0 amide bonds. The number of ether oxygens (including phenoxy) is 2. The molecule has 10 heteroatoms. The van der Waals surface area contributed by atoms with Crippen LogP contribution in [-0.2, 0) is 4.79 Å². The number of carboxylic acids is 1. The van der Waals surface area contributed by atoms with Crippen LogP contribution in [0.15, 0.2) is 36.7 Å². The van der Waals surface area contributed by atoms with Gasteiger partial charge in [-0.3, -0.25) is 9.69 Å². The van der Waals surface area contributed by atoms with Crippen LogP contribution in [0.25, 0.3) is 10.9 Å². The van der Waals surface area contributed by atoms with E-state index in [4.69, 9.17) is 21.1 Å². The monoisotopic (exact) mass is 460 g/mol. The summed E-state index contributed by atoms with van der Waals surface area (Å²) in [5, 5.41) is 13.1. The highest BCUT2D eigenvalue weighted by atomic mass is 35.5. The molecule has 2 aromatic carbocycles. The molecule has 1 saturated heterocycles. The molecule has 0 unspecified atom stereocenters. The van der Waals surface area contributed by atoms with E-state index in [-0.39, 0.29) is 16.8 Å². The molecule has 1 aromatic heterocycles. The molecule has 168 valence electrons. The van der Waals surface area contributed by atoms with E-state index >= 15 is 0 Å². The first-order chi connectivity index (χ1) is 15.2. The number of hydrogen-bond acceptors (Lipinski definition) is 7. The standard InChI is InChI=1S/C22H22ClFN4O4/c1-22(21(29)30)9-12(10-28(22)2)32-18-7-13-16(8-17(18)31-3)25-11-26-20(13)27-15-6-4-5-14(23)19(15)24/h4-8,11-12H,9-10H2,1-3H3,(H,29,30)(H,25,26,27)/t12-,22+/m1/s1. The van der Waals surface area contributed by atoms with Gasteiger partial charge in [0.25, 0.3) is 0 Å². The molecule has 8 nitrogen and oxygen atoms in total. The Hall–Kier alpha value is -3.17. The Bertz CT molecular complexity index is 1190. The summed E-state index contributed by atoms with van der Waals surface area (Å²) in [4.78, 5) is 22.0. The third-order valence-corrected chi connectivity index (χ3v) is 6.12. The predicted octanol–water partition coefficient (Wildman–Crippen LogP) is 4.10. The summed E-state index contributed by atoms with van der Waals surface area (Å²) in [6.45, 7) is 2.11. The second-order valence-electron chi connectivity index (χ2n) is 7.87. The van der Waals surface area contributed by atoms with E-state index < -0.39 is 17.3 Å². The van der Waals surface area contributed by atoms with Crippen molar-refractivity contribution < 1.29 is 23.8 Å². The van der Waals surface area contributed by atoms with Crippen molar-refractivity contribution >= 4 is 40.0 Å². The number of rotatable bonds is 6. The normalized spacial score (nSPS) is 21.0. The van der Waals surface area contributed by atoms with Crippen LogP contribution in [0.1, 0.15) is 13.3 Å².